The Balaban J connectivity index is 1.62. The minimum atomic E-state index is 0.449. The number of aromatic nitrogens is 1. The van der Waals surface area contributed by atoms with Gasteiger partial charge in [-0.2, -0.15) is 0 Å². The number of rotatable bonds is 4. The molecule has 0 amide bonds. The normalized spacial score (nSPS) is 11.4. The fraction of sp³-hybridized carbons (Fsp3) is 0.0476. The number of benzene rings is 3. The Kier molecular flexibility index (Phi) is 5.27. The van der Waals surface area contributed by atoms with Crippen molar-refractivity contribution in [1.82, 2.24) is 4.98 Å². The van der Waals surface area contributed by atoms with Crippen LogP contribution < -0.4 is 4.74 Å². The van der Waals surface area contributed by atoms with Crippen molar-refractivity contribution in [2.45, 2.75) is 0 Å². The number of oxazole rings is 1. The minimum absolute atomic E-state index is 0.449. The SMILES string of the molecule is COc1ccc(C=Nc2ccc3oc(-c4ccc(Cl)c(Cl)c4)nc3c2)cc1Cl. The first-order valence-corrected chi connectivity index (χ1v) is 9.40. The molecule has 140 valence electrons. The van der Waals surface area contributed by atoms with Crippen LogP contribution in [0.15, 0.2) is 64.0 Å². The van der Waals surface area contributed by atoms with E-state index in [2.05, 4.69) is 9.98 Å². The highest BCUT2D eigenvalue weighted by atomic mass is 35.5. The lowest BCUT2D eigenvalue weighted by atomic mass is 10.2. The zero-order chi connectivity index (χ0) is 19.7. The van der Waals surface area contributed by atoms with Crippen LogP contribution in [0.3, 0.4) is 0 Å². The van der Waals surface area contributed by atoms with Gasteiger partial charge in [0, 0.05) is 11.8 Å². The van der Waals surface area contributed by atoms with E-state index in [0.29, 0.717) is 37.8 Å². The van der Waals surface area contributed by atoms with Gasteiger partial charge in [0.2, 0.25) is 5.89 Å². The second-order valence-electron chi connectivity index (χ2n) is 5.95. The monoisotopic (exact) mass is 430 g/mol. The van der Waals surface area contributed by atoms with Crippen LogP contribution in [0.1, 0.15) is 5.56 Å². The molecule has 0 saturated carbocycles. The number of halogens is 3. The van der Waals surface area contributed by atoms with Gasteiger partial charge in [-0.3, -0.25) is 4.99 Å². The number of hydrogen-bond donors (Lipinski definition) is 0. The van der Waals surface area contributed by atoms with Crippen LogP contribution in [0.5, 0.6) is 5.75 Å². The van der Waals surface area contributed by atoms with Gasteiger partial charge < -0.3 is 9.15 Å². The zero-order valence-electron chi connectivity index (χ0n) is 14.6. The van der Waals surface area contributed by atoms with E-state index in [-0.39, 0.29) is 0 Å². The molecule has 0 aliphatic carbocycles. The molecule has 0 saturated heterocycles. The molecule has 4 aromatic rings. The van der Waals surface area contributed by atoms with Crippen LogP contribution >= 0.6 is 34.8 Å². The summed E-state index contributed by atoms with van der Waals surface area (Å²) >= 11 is 18.2. The lowest BCUT2D eigenvalue weighted by Crippen LogP contribution is -1.86. The quantitative estimate of drug-likeness (QED) is 0.321. The first-order chi connectivity index (χ1) is 13.5. The van der Waals surface area contributed by atoms with E-state index < -0.39 is 0 Å². The average Bonchev–Trinajstić information content (AvgIpc) is 3.12. The van der Waals surface area contributed by atoms with Gasteiger partial charge in [-0.1, -0.05) is 34.8 Å². The Morgan fingerprint density at radius 2 is 1.79 bits per heavy atom. The summed E-state index contributed by atoms with van der Waals surface area (Å²) < 4.78 is 11.0. The van der Waals surface area contributed by atoms with E-state index in [1.807, 2.05) is 30.3 Å². The van der Waals surface area contributed by atoms with Gasteiger partial charge in [0.1, 0.15) is 11.3 Å². The summed E-state index contributed by atoms with van der Waals surface area (Å²) in [6.07, 6.45) is 1.73. The molecule has 1 aromatic heterocycles. The van der Waals surface area contributed by atoms with Crippen molar-refractivity contribution in [2.24, 2.45) is 4.99 Å². The molecule has 3 aromatic carbocycles. The van der Waals surface area contributed by atoms with Crippen LogP contribution in [-0.4, -0.2) is 18.3 Å². The van der Waals surface area contributed by atoms with Crippen LogP contribution in [0.2, 0.25) is 15.1 Å². The molecule has 0 unspecified atom stereocenters. The Labute approximate surface area is 176 Å². The molecule has 4 rings (SSSR count). The number of hydrogen-bond acceptors (Lipinski definition) is 4. The second-order valence-corrected chi connectivity index (χ2v) is 7.17. The fourth-order valence-electron chi connectivity index (χ4n) is 2.66. The maximum atomic E-state index is 6.14. The predicted molar refractivity (Wildman–Crippen MR) is 115 cm³/mol. The summed E-state index contributed by atoms with van der Waals surface area (Å²) in [5.41, 5.74) is 3.72. The second kappa shape index (κ2) is 7.84. The number of fused-ring (bicyclic) bond motifs is 1. The van der Waals surface area contributed by atoms with Crippen molar-refractivity contribution < 1.29 is 9.15 Å². The molecule has 0 spiro atoms. The highest BCUT2D eigenvalue weighted by Crippen LogP contribution is 2.31. The molecule has 4 nitrogen and oxygen atoms in total. The number of methoxy groups -OCH3 is 1. The molecule has 0 fully saturated rings. The van der Waals surface area contributed by atoms with E-state index in [0.717, 1.165) is 16.8 Å². The van der Waals surface area contributed by atoms with Crippen LogP contribution in [-0.2, 0) is 0 Å². The Hall–Kier alpha value is -2.53. The standard InChI is InChI=1S/C21H13Cl3N2O2/c1-27-19-6-2-12(8-17(19)24)11-25-14-4-7-20-18(10-14)26-21(28-20)13-3-5-15(22)16(23)9-13/h2-11H,1H3. The molecular weight excluding hydrogens is 419 g/mol. The third-order valence-electron chi connectivity index (χ3n) is 4.08. The number of aliphatic imine (C=N–C) groups is 1. The van der Waals surface area contributed by atoms with Crippen molar-refractivity contribution in [2.75, 3.05) is 7.11 Å². The third kappa shape index (κ3) is 3.85. The Morgan fingerprint density at radius 3 is 2.54 bits per heavy atom. The number of ether oxygens (including phenoxy) is 1. The van der Waals surface area contributed by atoms with E-state index in [1.54, 1.807) is 37.6 Å². The van der Waals surface area contributed by atoms with Gasteiger partial charge in [0.15, 0.2) is 5.58 Å². The van der Waals surface area contributed by atoms with E-state index in [9.17, 15) is 0 Å². The maximum Gasteiger partial charge on any atom is 0.227 e. The molecule has 1 heterocycles. The summed E-state index contributed by atoms with van der Waals surface area (Å²) in [5, 5.41) is 1.46. The van der Waals surface area contributed by atoms with Crippen LogP contribution in [0.4, 0.5) is 5.69 Å². The van der Waals surface area contributed by atoms with Crippen molar-refractivity contribution in [3.63, 3.8) is 0 Å². The summed E-state index contributed by atoms with van der Waals surface area (Å²) in [4.78, 5) is 9.01. The van der Waals surface area contributed by atoms with Crippen molar-refractivity contribution >= 4 is 57.8 Å². The summed E-state index contributed by atoms with van der Waals surface area (Å²) in [6, 6.07) is 16.3. The Morgan fingerprint density at radius 1 is 0.929 bits per heavy atom. The maximum absolute atomic E-state index is 6.14. The number of nitrogens with zero attached hydrogens (tertiary/aromatic N) is 2. The first kappa shape index (κ1) is 18.8. The molecule has 0 atom stereocenters. The van der Waals surface area contributed by atoms with Crippen LogP contribution in [0.25, 0.3) is 22.6 Å². The van der Waals surface area contributed by atoms with Crippen molar-refractivity contribution in [1.29, 1.82) is 0 Å². The van der Waals surface area contributed by atoms with Gasteiger partial charge in [-0.05, 0) is 60.2 Å². The molecular formula is C21H13Cl3N2O2. The van der Waals surface area contributed by atoms with E-state index >= 15 is 0 Å². The molecule has 0 radical (unpaired) electrons. The minimum Gasteiger partial charge on any atom is -0.495 e. The van der Waals surface area contributed by atoms with Gasteiger partial charge in [0.05, 0.1) is 27.9 Å². The lowest BCUT2D eigenvalue weighted by Gasteiger charge is -2.02. The van der Waals surface area contributed by atoms with Crippen molar-refractivity contribution in [3.8, 4) is 17.2 Å². The largest absolute Gasteiger partial charge is 0.495 e. The third-order valence-corrected chi connectivity index (χ3v) is 5.11. The van der Waals surface area contributed by atoms with Gasteiger partial charge >= 0.3 is 0 Å². The molecule has 0 aliphatic rings. The average molecular weight is 432 g/mol. The molecule has 0 N–H and O–H groups in total. The van der Waals surface area contributed by atoms with Gasteiger partial charge in [-0.15, -0.1) is 0 Å². The van der Waals surface area contributed by atoms with Crippen LogP contribution in [0, 0.1) is 0 Å². The molecule has 0 bridgehead atoms. The highest BCUT2D eigenvalue weighted by Gasteiger charge is 2.10. The molecule has 0 aliphatic heterocycles. The smallest absolute Gasteiger partial charge is 0.227 e. The summed E-state index contributed by atoms with van der Waals surface area (Å²) in [7, 11) is 1.58. The summed E-state index contributed by atoms with van der Waals surface area (Å²) in [5.74, 6) is 1.09. The molecule has 28 heavy (non-hydrogen) atoms. The van der Waals surface area contributed by atoms with E-state index in [4.69, 9.17) is 44.0 Å². The van der Waals surface area contributed by atoms with Gasteiger partial charge in [0.25, 0.3) is 0 Å². The van der Waals surface area contributed by atoms with Crippen molar-refractivity contribution in [3.05, 3.63) is 75.2 Å². The molecule has 7 heteroatoms. The first-order valence-electron chi connectivity index (χ1n) is 8.27. The fourth-order valence-corrected chi connectivity index (χ4v) is 3.22. The topological polar surface area (TPSA) is 47.6 Å². The van der Waals surface area contributed by atoms with E-state index in [1.165, 1.54) is 0 Å². The zero-order valence-corrected chi connectivity index (χ0v) is 16.9. The highest BCUT2D eigenvalue weighted by molar-refractivity contribution is 6.42. The Bertz CT molecular complexity index is 1200. The summed E-state index contributed by atoms with van der Waals surface area (Å²) in [6.45, 7) is 0. The van der Waals surface area contributed by atoms with Gasteiger partial charge in [-0.25, -0.2) is 4.98 Å². The predicted octanol–water partition coefficient (Wildman–Crippen LogP) is 7.21. The lowest BCUT2D eigenvalue weighted by molar-refractivity contribution is 0.415.